The topological polar surface area (TPSA) is 41.1 Å². The predicted molar refractivity (Wildman–Crippen MR) is 75.8 cm³/mol. The van der Waals surface area contributed by atoms with E-state index in [1.165, 1.54) is 4.90 Å². The Morgan fingerprint density at radius 3 is 2.89 bits per heavy atom. The van der Waals surface area contributed by atoms with Crippen molar-refractivity contribution in [3.05, 3.63) is 30.3 Å². The summed E-state index contributed by atoms with van der Waals surface area (Å²) in [6.45, 7) is 4.51. The minimum atomic E-state index is -0.211. The lowest BCUT2D eigenvalue weighted by Crippen LogP contribution is -2.41. The van der Waals surface area contributed by atoms with Crippen LogP contribution in [0, 0.1) is 5.41 Å². The third kappa shape index (κ3) is 3.50. The van der Waals surface area contributed by atoms with E-state index in [1.54, 1.807) is 11.8 Å². The Kier molecular flexibility index (Phi) is 4.66. The molecule has 0 spiro atoms. The highest BCUT2D eigenvalue weighted by atomic mass is 32.2. The summed E-state index contributed by atoms with van der Waals surface area (Å²) in [5.41, 5.74) is -0.211. The molecule has 1 heterocycles. The van der Waals surface area contributed by atoms with Crippen molar-refractivity contribution in [3.8, 4) is 0 Å². The van der Waals surface area contributed by atoms with Crippen molar-refractivity contribution in [2.24, 2.45) is 5.41 Å². The van der Waals surface area contributed by atoms with Crippen LogP contribution in [-0.4, -0.2) is 31.3 Å². The molecule has 98 valence electrons. The zero-order valence-electron chi connectivity index (χ0n) is 10.7. The van der Waals surface area contributed by atoms with Gasteiger partial charge in [0.15, 0.2) is 0 Å². The van der Waals surface area contributed by atoms with Gasteiger partial charge in [-0.15, -0.1) is 11.8 Å². The van der Waals surface area contributed by atoms with Crippen molar-refractivity contribution < 1.29 is 4.79 Å². The fourth-order valence-corrected chi connectivity index (χ4v) is 2.86. The second kappa shape index (κ2) is 6.25. The normalized spacial score (nSPS) is 22.9. The van der Waals surface area contributed by atoms with E-state index in [0.29, 0.717) is 0 Å². The summed E-state index contributed by atoms with van der Waals surface area (Å²) in [5.74, 6) is 1.10. The Labute approximate surface area is 113 Å². The van der Waals surface area contributed by atoms with Crippen LogP contribution < -0.4 is 10.6 Å². The molecule has 3 nitrogen and oxygen atoms in total. The van der Waals surface area contributed by atoms with Gasteiger partial charge in [0.1, 0.15) is 0 Å². The zero-order chi connectivity index (χ0) is 12.8. The quantitative estimate of drug-likeness (QED) is 0.630. The van der Waals surface area contributed by atoms with Crippen molar-refractivity contribution in [1.82, 2.24) is 10.6 Å². The maximum absolute atomic E-state index is 12.0. The average molecular weight is 264 g/mol. The van der Waals surface area contributed by atoms with Crippen LogP contribution in [0.1, 0.15) is 13.3 Å². The fraction of sp³-hybridized carbons (Fsp3) is 0.500. The monoisotopic (exact) mass is 264 g/mol. The third-order valence-electron chi connectivity index (χ3n) is 3.32. The minimum Gasteiger partial charge on any atom is -0.355 e. The first-order valence-corrected chi connectivity index (χ1v) is 7.36. The molecule has 1 aliphatic rings. The second-order valence-electron chi connectivity index (χ2n) is 4.90. The highest BCUT2D eigenvalue weighted by Crippen LogP contribution is 2.24. The maximum Gasteiger partial charge on any atom is 0.227 e. The van der Waals surface area contributed by atoms with Crippen molar-refractivity contribution in [2.45, 2.75) is 18.2 Å². The molecular weight excluding hydrogens is 244 g/mol. The minimum absolute atomic E-state index is 0.182. The number of carbonyl (C=O) groups excluding carboxylic acids is 1. The molecule has 1 aromatic rings. The smallest absolute Gasteiger partial charge is 0.227 e. The Bertz CT molecular complexity index is 388. The lowest BCUT2D eigenvalue weighted by Gasteiger charge is -2.21. The first-order valence-electron chi connectivity index (χ1n) is 6.38. The van der Waals surface area contributed by atoms with Crippen molar-refractivity contribution in [2.75, 3.05) is 25.4 Å². The number of nitrogens with one attached hydrogen (secondary N) is 2. The molecule has 0 aromatic heterocycles. The van der Waals surface area contributed by atoms with E-state index in [4.69, 9.17) is 0 Å². The van der Waals surface area contributed by atoms with Gasteiger partial charge in [-0.05, 0) is 32.0 Å². The summed E-state index contributed by atoms with van der Waals surface area (Å²) in [7, 11) is 0. The summed E-state index contributed by atoms with van der Waals surface area (Å²) in [6, 6.07) is 10.3. The van der Waals surface area contributed by atoms with Crippen LogP contribution in [0.4, 0.5) is 0 Å². The first-order chi connectivity index (χ1) is 8.71. The van der Waals surface area contributed by atoms with Gasteiger partial charge in [-0.25, -0.2) is 0 Å². The number of carbonyl (C=O) groups is 1. The zero-order valence-corrected chi connectivity index (χ0v) is 11.6. The summed E-state index contributed by atoms with van der Waals surface area (Å²) >= 11 is 1.77. The fourth-order valence-electron chi connectivity index (χ4n) is 2.07. The van der Waals surface area contributed by atoms with Gasteiger partial charge in [-0.2, -0.15) is 0 Å². The summed E-state index contributed by atoms with van der Waals surface area (Å²) in [6.07, 6.45) is 0.935. The van der Waals surface area contributed by atoms with Crippen LogP contribution in [0.3, 0.4) is 0 Å². The highest BCUT2D eigenvalue weighted by molar-refractivity contribution is 7.99. The number of benzene rings is 1. The molecule has 1 saturated heterocycles. The molecule has 4 heteroatoms. The van der Waals surface area contributed by atoms with E-state index in [1.807, 2.05) is 25.1 Å². The molecule has 2 rings (SSSR count). The van der Waals surface area contributed by atoms with Crippen molar-refractivity contribution in [3.63, 3.8) is 0 Å². The Hall–Kier alpha value is -1.00. The van der Waals surface area contributed by atoms with Gasteiger partial charge in [-0.1, -0.05) is 18.2 Å². The largest absolute Gasteiger partial charge is 0.355 e. The molecule has 2 N–H and O–H groups in total. The van der Waals surface area contributed by atoms with Gasteiger partial charge in [0.2, 0.25) is 5.91 Å². The number of amides is 1. The van der Waals surface area contributed by atoms with Crippen LogP contribution in [-0.2, 0) is 4.79 Å². The van der Waals surface area contributed by atoms with Crippen molar-refractivity contribution in [1.29, 1.82) is 0 Å². The van der Waals surface area contributed by atoms with Crippen LogP contribution in [0.15, 0.2) is 35.2 Å². The molecule has 0 bridgehead atoms. The predicted octanol–water partition coefficient (Wildman–Crippen LogP) is 1.89. The van der Waals surface area contributed by atoms with E-state index in [2.05, 4.69) is 22.8 Å². The molecule has 1 amide bonds. The lowest BCUT2D eigenvalue weighted by atomic mass is 9.89. The van der Waals surface area contributed by atoms with Gasteiger partial charge >= 0.3 is 0 Å². The molecule has 1 aromatic carbocycles. The van der Waals surface area contributed by atoms with Crippen molar-refractivity contribution >= 4 is 17.7 Å². The Balaban J connectivity index is 1.68. The summed E-state index contributed by atoms with van der Waals surface area (Å²) in [4.78, 5) is 13.3. The third-order valence-corrected chi connectivity index (χ3v) is 4.33. The van der Waals surface area contributed by atoms with Gasteiger partial charge in [0.25, 0.3) is 0 Å². The van der Waals surface area contributed by atoms with Crippen LogP contribution in [0.5, 0.6) is 0 Å². The summed E-state index contributed by atoms with van der Waals surface area (Å²) < 4.78 is 0. The van der Waals surface area contributed by atoms with E-state index in [-0.39, 0.29) is 11.3 Å². The molecule has 0 radical (unpaired) electrons. The molecule has 0 saturated carbocycles. The van der Waals surface area contributed by atoms with Gasteiger partial charge in [0.05, 0.1) is 5.41 Å². The second-order valence-corrected chi connectivity index (χ2v) is 6.07. The highest BCUT2D eigenvalue weighted by Gasteiger charge is 2.35. The first kappa shape index (κ1) is 13.4. The molecule has 1 fully saturated rings. The maximum atomic E-state index is 12.0. The number of rotatable bonds is 5. The van der Waals surface area contributed by atoms with Crippen LogP contribution in [0.25, 0.3) is 0 Å². The van der Waals surface area contributed by atoms with E-state index < -0.39 is 0 Å². The van der Waals surface area contributed by atoms with E-state index >= 15 is 0 Å². The molecule has 1 unspecified atom stereocenters. The Morgan fingerprint density at radius 2 is 2.22 bits per heavy atom. The molecule has 18 heavy (non-hydrogen) atoms. The number of hydrogen-bond acceptors (Lipinski definition) is 3. The standard InChI is InChI=1S/C14H20N2OS/c1-14(7-8-15-11-14)13(17)16-9-10-18-12-5-3-2-4-6-12/h2-6,15H,7-11H2,1H3,(H,16,17). The molecule has 1 aliphatic heterocycles. The lowest BCUT2D eigenvalue weighted by molar-refractivity contribution is -0.129. The Morgan fingerprint density at radius 1 is 1.44 bits per heavy atom. The molecule has 1 atom stereocenters. The SMILES string of the molecule is CC1(C(=O)NCCSc2ccccc2)CCNC1. The van der Waals surface area contributed by atoms with Gasteiger partial charge in [-0.3, -0.25) is 4.79 Å². The molecular formula is C14H20N2OS. The van der Waals surface area contributed by atoms with E-state index in [0.717, 1.165) is 31.8 Å². The molecule has 0 aliphatic carbocycles. The van der Waals surface area contributed by atoms with Gasteiger partial charge < -0.3 is 10.6 Å². The van der Waals surface area contributed by atoms with E-state index in [9.17, 15) is 4.79 Å². The van der Waals surface area contributed by atoms with Gasteiger partial charge in [0, 0.05) is 23.7 Å². The van der Waals surface area contributed by atoms with Crippen LogP contribution in [0.2, 0.25) is 0 Å². The number of thioether (sulfide) groups is 1. The average Bonchev–Trinajstić information content (AvgIpc) is 2.84. The van der Waals surface area contributed by atoms with Crippen LogP contribution >= 0.6 is 11.8 Å². The summed E-state index contributed by atoms with van der Waals surface area (Å²) in [5, 5.41) is 6.28. The number of hydrogen-bond donors (Lipinski definition) is 2.